The molecule has 0 N–H and O–H groups in total. The Hall–Kier alpha value is -2.34. The smallest absolute Gasteiger partial charge is 0.0103 e. The van der Waals surface area contributed by atoms with Gasteiger partial charge in [0.1, 0.15) is 0 Å². The fraction of sp³-hybridized carbons (Fsp3) is 0.250. The lowest BCUT2D eigenvalue weighted by atomic mass is 9.80. The van der Waals surface area contributed by atoms with E-state index in [9.17, 15) is 0 Å². The SMILES string of the molecule is c1ccc(-c2ccccc2-c2ccccc2C2CCCCC2)cc1. The standard InChI is InChI=1S/C24H24/c1-3-11-19(12-4-1)21-15-7-9-17-23(21)24-18-10-8-16-22(24)20-13-5-2-6-14-20/h1,3-4,7-12,15-18,20H,2,5-6,13-14H2. The molecule has 0 aromatic heterocycles. The average molecular weight is 312 g/mol. The fourth-order valence-electron chi connectivity index (χ4n) is 4.10. The Labute approximate surface area is 145 Å². The summed E-state index contributed by atoms with van der Waals surface area (Å²) < 4.78 is 0. The topological polar surface area (TPSA) is 0 Å². The summed E-state index contributed by atoms with van der Waals surface area (Å²) in [6.07, 6.45) is 6.83. The molecule has 0 amide bonds. The summed E-state index contributed by atoms with van der Waals surface area (Å²) in [6.45, 7) is 0. The van der Waals surface area contributed by atoms with E-state index in [2.05, 4.69) is 78.9 Å². The number of hydrogen-bond acceptors (Lipinski definition) is 0. The third-order valence-electron chi connectivity index (χ3n) is 5.31. The molecule has 0 nitrogen and oxygen atoms in total. The molecule has 0 atom stereocenters. The van der Waals surface area contributed by atoms with Gasteiger partial charge >= 0.3 is 0 Å². The van der Waals surface area contributed by atoms with E-state index >= 15 is 0 Å². The summed E-state index contributed by atoms with van der Waals surface area (Å²) in [6, 6.07) is 28.7. The largest absolute Gasteiger partial charge is 0.0622 e. The Balaban J connectivity index is 1.83. The lowest BCUT2D eigenvalue weighted by molar-refractivity contribution is 0.444. The van der Waals surface area contributed by atoms with Crippen molar-refractivity contribution in [3.05, 3.63) is 84.4 Å². The number of hydrogen-bond donors (Lipinski definition) is 0. The molecule has 0 unspecified atom stereocenters. The minimum atomic E-state index is 0.721. The summed E-state index contributed by atoms with van der Waals surface area (Å²) >= 11 is 0. The molecular weight excluding hydrogens is 288 g/mol. The Morgan fingerprint density at radius 2 is 1.08 bits per heavy atom. The normalized spacial score (nSPS) is 15.3. The average Bonchev–Trinajstić information content (AvgIpc) is 2.69. The number of rotatable bonds is 3. The van der Waals surface area contributed by atoms with Crippen LogP contribution in [-0.2, 0) is 0 Å². The lowest BCUT2D eigenvalue weighted by Gasteiger charge is -2.25. The van der Waals surface area contributed by atoms with Gasteiger partial charge in [0.2, 0.25) is 0 Å². The first-order valence-electron chi connectivity index (χ1n) is 9.17. The minimum absolute atomic E-state index is 0.721. The van der Waals surface area contributed by atoms with E-state index in [4.69, 9.17) is 0 Å². The second-order valence-corrected chi connectivity index (χ2v) is 6.83. The zero-order valence-corrected chi connectivity index (χ0v) is 14.1. The summed E-state index contributed by atoms with van der Waals surface area (Å²) in [4.78, 5) is 0. The van der Waals surface area contributed by atoms with Gasteiger partial charge in [-0.2, -0.15) is 0 Å². The molecule has 0 spiro atoms. The van der Waals surface area contributed by atoms with Crippen LogP contribution in [0.25, 0.3) is 22.3 Å². The first-order valence-corrected chi connectivity index (χ1v) is 9.17. The van der Waals surface area contributed by atoms with Gasteiger partial charge in [-0.25, -0.2) is 0 Å². The van der Waals surface area contributed by atoms with Crippen LogP contribution < -0.4 is 0 Å². The van der Waals surface area contributed by atoms with Gasteiger partial charge in [0.05, 0.1) is 0 Å². The Morgan fingerprint density at radius 3 is 1.83 bits per heavy atom. The van der Waals surface area contributed by atoms with E-state index in [1.165, 1.54) is 54.4 Å². The molecule has 0 saturated heterocycles. The van der Waals surface area contributed by atoms with Crippen molar-refractivity contribution in [2.24, 2.45) is 0 Å². The van der Waals surface area contributed by atoms with Gasteiger partial charge in [-0.1, -0.05) is 98.1 Å². The molecule has 3 aromatic rings. The van der Waals surface area contributed by atoms with E-state index in [1.807, 2.05) is 0 Å². The highest BCUT2D eigenvalue weighted by atomic mass is 14.2. The van der Waals surface area contributed by atoms with E-state index in [0.29, 0.717) is 0 Å². The van der Waals surface area contributed by atoms with Crippen molar-refractivity contribution in [3.8, 4) is 22.3 Å². The molecule has 0 heterocycles. The molecule has 24 heavy (non-hydrogen) atoms. The maximum absolute atomic E-state index is 2.35. The first kappa shape index (κ1) is 15.2. The molecular formula is C24H24. The molecule has 1 fully saturated rings. The minimum Gasteiger partial charge on any atom is -0.0622 e. The number of benzene rings is 3. The molecule has 0 bridgehead atoms. The molecule has 120 valence electrons. The highest BCUT2D eigenvalue weighted by molar-refractivity contribution is 5.85. The van der Waals surface area contributed by atoms with Gasteiger partial charge in [-0.15, -0.1) is 0 Å². The molecule has 0 radical (unpaired) electrons. The third kappa shape index (κ3) is 3.01. The van der Waals surface area contributed by atoms with E-state index in [-0.39, 0.29) is 0 Å². The first-order chi connectivity index (χ1) is 11.9. The molecule has 0 aliphatic heterocycles. The second-order valence-electron chi connectivity index (χ2n) is 6.83. The molecule has 0 heteroatoms. The highest BCUT2D eigenvalue weighted by Gasteiger charge is 2.19. The quantitative estimate of drug-likeness (QED) is 0.485. The second kappa shape index (κ2) is 7.05. The van der Waals surface area contributed by atoms with E-state index in [1.54, 1.807) is 5.56 Å². The highest BCUT2D eigenvalue weighted by Crippen LogP contribution is 2.40. The fourth-order valence-corrected chi connectivity index (χ4v) is 4.10. The van der Waals surface area contributed by atoms with Crippen molar-refractivity contribution in [1.82, 2.24) is 0 Å². The van der Waals surface area contributed by atoms with Gasteiger partial charge in [-0.3, -0.25) is 0 Å². The Kier molecular flexibility index (Phi) is 4.46. The van der Waals surface area contributed by atoms with Crippen LogP contribution in [0, 0.1) is 0 Å². The van der Waals surface area contributed by atoms with Gasteiger partial charge in [0, 0.05) is 0 Å². The van der Waals surface area contributed by atoms with Crippen LogP contribution in [0.3, 0.4) is 0 Å². The monoisotopic (exact) mass is 312 g/mol. The van der Waals surface area contributed by atoms with Crippen molar-refractivity contribution in [3.63, 3.8) is 0 Å². The van der Waals surface area contributed by atoms with Gasteiger partial charge in [-0.05, 0) is 46.6 Å². The molecule has 1 aliphatic rings. The summed E-state index contributed by atoms with van der Waals surface area (Å²) in [5.41, 5.74) is 6.96. The third-order valence-corrected chi connectivity index (χ3v) is 5.31. The van der Waals surface area contributed by atoms with E-state index < -0.39 is 0 Å². The Bertz CT molecular complexity index is 795. The van der Waals surface area contributed by atoms with Crippen molar-refractivity contribution in [2.75, 3.05) is 0 Å². The van der Waals surface area contributed by atoms with Crippen LogP contribution in [0.5, 0.6) is 0 Å². The summed E-state index contributed by atoms with van der Waals surface area (Å²) in [5.74, 6) is 0.721. The van der Waals surface area contributed by atoms with Crippen LogP contribution >= 0.6 is 0 Å². The lowest BCUT2D eigenvalue weighted by Crippen LogP contribution is -2.06. The van der Waals surface area contributed by atoms with Crippen molar-refractivity contribution >= 4 is 0 Å². The van der Waals surface area contributed by atoms with Crippen LogP contribution in [0.15, 0.2) is 78.9 Å². The van der Waals surface area contributed by atoms with Gasteiger partial charge < -0.3 is 0 Å². The summed E-state index contributed by atoms with van der Waals surface area (Å²) in [5, 5.41) is 0. The maximum Gasteiger partial charge on any atom is -0.0103 e. The van der Waals surface area contributed by atoms with Crippen LogP contribution in [0.1, 0.15) is 43.6 Å². The zero-order chi connectivity index (χ0) is 16.2. The molecule has 1 saturated carbocycles. The predicted molar refractivity (Wildman–Crippen MR) is 103 cm³/mol. The maximum atomic E-state index is 2.35. The Morgan fingerprint density at radius 1 is 0.500 bits per heavy atom. The van der Waals surface area contributed by atoms with Crippen molar-refractivity contribution in [2.45, 2.75) is 38.0 Å². The van der Waals surface area contributed by atoms with E-state index in [0.717, 1.165) is 5.92 Å². The van der Waals surface area contributed by atoms with Crippen LogP contribution in [-0.4, -0.2) is 0 Å². The molecule has 1 aliphatic carbocycles. The van der Waals surface area contributed by atoms with Crippen molar-refractivity contribution < 1.29 is 0 Å². The van der Waals surface area contributed by atoms with Gasteiger partial charge in [0.15, 0.2) is 0 Å². The van der Waals surface area contributed by atoms with Crippen LogP contribution in [0.4, 0.5) is 0 Å². The molecule has 3 aromatic carbocycles. The summed E-state index contributed by atoms with van der Waals surface area (Å²) in [7, 11) is 0. The zero-order valence-electron chi connectivity index (χ0n) is 14.1. The predicted octanol–water partition coefficient (Wildman–Crippen LogP) is 7.07. The molecule has 4 rings (SSSR count). The van der Waals surface area contributed by atoms with Crippen molar-refractivity contribution in [1.29, 1.82) is 0 Å². The van der Waals surface area contributed by atoms with Crippen LogP contribution in [0.2, 0.25) is 0 Å². The van der Waals surface area contributed by atoms with Gasteiger partial charge in [0.25, 0.3) is 0 Å².